The number of methoxy groups -OCH3 is 1. The highest BCUT2D eigenvalue weighted by Crippen LogP contribution is 2.40. The SMILES string of the molecule is COCC(Br)CN(C)C(=O)C1CSc2ccccc21. The van der Waals surface area contributed by atoms with Gasteiger partial charge in [-0.15, -0.1) is 11.8 Å². The van der Waals surface area contributed by atoms with E-state index in [1.165, 1.54) is 10.5 Å². The fraction of sp³-hybridized carbons (Fsp3) is 0.500. The Balaban J connectivity index is 2.01. The van der Waals surface area contributed by atoms with Crippen LogP contribution in [0.3, 0.4) is 0 Å². The van der Waals surface area contributed by atoms with Crippen molar-refractivity contribution in [1.29, 1.82) is 0 Å². The number of amides is 1. The summed E-state index contributed by atoms with van der Waals surface area (Å²) in [6.07, 6.45) is 0. The van der Waals surface area contributed by atoms with Crippen molar-refractivity contribution in [1.82, 2.24) is 4.90 Å². The van der Waals surface area contributed by atoms with Crippen LogP contribution in [0.4, 0.5) is 0 Å². The molecule has 2 unspecified atom stereocenters. The number of benzene rings is 1. The Hall–Kier alpha value is -0.520. The molecule has 0 saturated carbocycles. The minimum absolute atomic E-state index is 0.00607. The molecule has 104 valence electrons. The van der Waals surface area contributed by atoms with Crippen molar-refractivity contribution in [2.24, 2.45) is 0 Å². The summed E-state index contributed by atoms with van der Waals surface area (Å²) < 4.78 is 5.08. The highest BCUT2D eigenvalue weighted by atomic mass is 79.9. The first kappa shape index (κ1) is 14.9. The first-order valence-electron chi connectivity index (χ1n) is 6.23. The Kier molecular flexibility index (Phi) is 5.30. The van der Waals surface area contributed by atoms with E-state index in [-0.39, 0.29) is 16.7 Å². The van der Waals surface area contributed by atoms with Crippen molar-refractivity contribution in [3.05, 3.63) is 29.8 Å². The molecule has 1 aliphatic heterocycles. The summed E-state index contributed by atoms with van der Waals surface area (Å²) in [5.41, 5.74) is 1.17. The van der Waals surface area contributed by atoms with Crippen LogP contribution >= 0.6 is 27.7 Å². The number of ether oxygens (including phenoxy) is 1. The third kappa shape index (κ3) is 3.52. The van der Waals surface area contributed by atoms with Gasteiger partial charge in [-0.3, -0.25) is 4.79 Å². The van der Waals surface area contributed by atoms with Crippen LogP contribution in [0.25, 0.3) is 0 Å². The lowest BCUT2D eigenvalue weighted by molar-refractivity contribution is -0.131. The molecule has 0 aromatic heterocycles. The molecule has 0 radical (unpaired) electrons. The van der Waals surface area contributed by atoms with Crippen molar-refractivity contribution in [2.45, 2.75) is 15.6 Å². The lowest BCUT2D eigenvalue weighted by Gasteiger charge is -2.23. The number of carbonyl (C=O) groups is 1. The first-order chi connectivity index (χ1) is 9.13. The van der Waals surface area contributed by atoms with Crippen LogP contribution < -0.4 is 0 Å². The summed E-state index contributed by atoms with van der Waals surface area (Å²) in [5.74, 6) is 1.03. The van der Waals surface area contributed by atoms with Crippen LogP contribution in [0.1, 0.15) is 11.5 Å². The molecular weight excluding hydrogens is 326 g/mol. The molecule has 1 heterocycles. The number of likely N-dealkylation sites (N-methyl/N-ethyl adjacent to an activating group) is 1. The Morgan fingerprint density at radius 3 is 3.05 bits per heavy atom. The zero-order valence-corrected chi connectivity index (χ0v) is 13.5. The smallest absolute Gasteiger partial charge is 0.230 e. The monoisotopic (exact) mass is 343 g/mol. The molecule has 0 saturated heterocycles. The molecule has 0 bridgehead atoms. The Labute approximate surface area is 126 Å². The van der Waals surface area contributed by atoms with Crippen molar-refractivity contribution in [3.63, 3.8) is 0 Å². The fourth-order valence-corrected chi connectivity index (χ4v) is 4.17. The maximum atomic E-state index is 12.5. The molecule has 19 heavy (non-hydrogen) atoms. The number of rotatable bonds is 5. The molecule has 1 amide bonds. The van der Waals surface area contributed by atoms with Crippen molar-refractivity contribution < 1.29 is 9.53 Å². The fourth-order valence-electron chi connectivity index (χ4n) is 2.25. The standard InChI is InChI=1S/C14H18BrNO2S/c1-16(7-10(15)8-18-2)14(17)12-9-19-13-6-4-3-5-11(12)13/h3-6,10,12H,7-9H2,1-2H3. The van der Waals surface area contributed by atoms with Gasteiger partial charge in [0.25, 0.3) is 0 Å². The normalized spacial score (nSPS) is 19.0. The average molecular weight is 344 g/mol. The average Bonchev–Trinajstić information content (AvgIpc) is 2.81. The Bertz CT molecular complexity index is 455. The van der Waals surface area contributed by atoms with E-state index in [9.17, 15) is 4.79 Å². The second-order valence-electron chi connectivity index (χ2n) is 4.67. The van der Waals surface area contributed by atoms with Gasteiger partial charge in [-0.1, -0.05) is 34.1 Å². The highest BCUT2D eigenvalue weighted by molar-refractivity contribution is 9.09. The van der Waals surface area contributed by atoms with Crippen molar-refractivity contribution in [2.75, 3.05) is 33.1 Å². The highest BCUT2D eigenvalue weighted by Gasteiger charge is 2.31. The molecule has 1 aromatic rings. The van der Waals surface area contributed by atoms with E-state index in [4.69, 9.17) is 4.74 Å². The van der Waals surface area contributed by atoms with Gasteiger partial charge in [0.1, 0.15) is 0 Å². The second kappa shape index (κ2) is 6.77. The van der Waals surface area contributed by atoms with E-state index in [0.717, 1.165) is 5.75 Å². The van der Waals surface area contributed by atoms with Crippen molar-refractivity contribution in [3.8, 4) is 0 Å². The van der Waals surface area contributed by atoms with Crippen LogP contribution in [0, 0.1) is 0 Å². The van der Waals surface area contributed by atoms with E-state index in [0.29, 0.717) is 13.2 Å². The first-order valence-corrected chi connectivity index (χ1v) is 8.13. The molecule has 0 aliphatic carbocycles. The number of hydrogen-bond acceptors (Lipinski definition) is 3. The molecule has 0 N–H and O–H groups in total. The van der Waals surface area contributed by atoms with Gasteiger partial charge in [-0.2, -0.15) is 0 Å². The van der Waals surface area contributed by atoms with Gasteiger partial charge in [-0.25, -0.2) is 0 Å². The van der Waals surface area contributed by atoms with E-state index in [1.807, 2.05) is 19.2 Å². The molecule has 3 nitrogen and oxygen atoms in total. The van der Waals surface area contributed by atoms with Crippen molar-refractivity contribution >= 4 is 33.6 Å². The maximum absolute atomic E-state index is 12.5. The number of hydrogen-bond donors (Lipinski definition) is 0. The molecular formula is C14H18BrNO2S. The minimum atomic E-state index is -0.00607. The quantitative estimate of drug-likeness (QED) is 0.770. The van der Waals surface area contributed by atoms with Gasteiger partial charge in [0.05, 0.1) is 17.4 Å². The maximum Gasteiger partial charge on any atom is 0.230 e. The lowest BCUT2D eigenvalue weighted by Crippen LogP contribution is -2.37. The van der Waals surface area contributed by atoms with Gasteiger partial charge in [0, 0.05) is 31.4 Å². The third-order valence-corrected chi connectivity index (χ3v) is 4.93. The number of carbonyl (C=O) groups excluding carboxylic acids is 1. The predicted octanol–water partition coefficient (Wildman–Crippen LogP) is 2.74. The van der Waals surface area contributed by atoms with Gasteiger partial charge >= 0.3 is 0 Å². The molecule has 2 rings (SSSR count). The molecule has 0 spiro atoms. The zero-order chi connectivity index (χ0) is 13.8. The minimum Gasteiger partial charge on any atom is -0.383 e. The summed E-state index contributed by atoms with van der Waals surface area (Å²) in [6.45, 7) is 1.27. The second-order valence-corrected chi connectivity index (χ2v) is 7.03. The number of thioether (sulfide) groups is 1. The van der Waals surface area contributed by atoms with Crippen LogP contribution in [0.2, 0.25) is 0 Å². The van der Waals surface area contributed by atoms with E-state index < -0.39 is 0 Å². The molecule has 1 aromatic carbocycles. The molecule has 2 atom stereocenters. The van der Waals surface area contributed by atoms with Gasteiger partial charge in [0.2, 0.25) is 5.91 Å². The van der Waals surface area contributed by atoms with E-state index >= 15 is 0 Å². The molecule has 1 aliphatic rings. The number of nitrogens with zero attached hydrogens (tertiary/aromatic N) is 1. The summed E-state index contributed by atoms with van der Waals surface area (Å²) in [6, 6.07) is 8.18. The molecule has 5 heteroatoms. The van der Waals surface area contributed by atoms with Gasteiger partial charge in [-0.05, 0) is 11.6 Å². The lowest BCUT2D eigenvalue weighted by atomic mass is 10.00. The van der Waals surface area contributed by atoms with Crippen LogP contribution in [-0.2, 0) is 9.53 Å². The van der Waals surface area contributed by atoms with Gasteiger partial charge in [0.15, 0.2) is 0 Å². The van der Waals surface area contributed by atoms with Gasteiger partial charge < -0.3 is 9.64 Å². The largest absolute Gasteiger partial charge is 0.383 e. The van der Waals surface area contributed by atoms with Crippen LogP contribution in [0.15, 0.2) is 29.2 Å². The summed E-state index contributed by atoms with van der Waals surface area (Å²) in [4.78, 5) is 15.7. The summed E-state index contributed by atoms with van der Waals surface area (Å²) >= 11 is 5.29. The zero-order valence-electron chi connectivity index (χ0n) is 11.1. The summed E-state index contributed by atoms with van der Waals surface area (Å²) in [7, 11) is 3.53. The Morgan fingerprint density at radius 1 is 1.58 bits per heavy atom. The van der Waals surface area contributed by atoms with Crippen LogP contribution in [-0.4, -0.2) is 48.7 Å². The van der Waals surface area contributed by atoms with E-state index in [2.05, 4.69) is 28.1 Å². The topological polar surface area (TPSA) is 29.5 Å². The number of halogens is 1. The van der Waals surface area contributed by atoms with E-state index in [1.54, 1.807) is 23.8 Å². The molecule has 0 fully saturated rings. The predicted molar refractivity (Wildman–Crippen MR) is 82.1 cm³/mol. The number of fused-ring (bicyclic) bond motifs is 1. The number of alkyl halides is 1. The van der Waals surface area contributed by atoms with Crippen LogP contribution in [0.5, 0.6) is 0 Å². The summed E-state index contributed by atoms with van der Waals surface area (Å²) in [5, 5.41) is 0. The Morgan fingerprint density at radius 2 is 2.32 bits per heavy atom. The third-order valence-electron chi connectivity index (χ3n) is 3.19.